The quantitative estimate of drug-likeness (QED) is 0.918. The van der Waals surface area contributed by atoms with E-state index in [4.69, 9.17) is 10.7 Å². The summed E-state index contributed by atoms with van der Waals surface area (Å²) in [6.45, 7) is 2.74. The zero-order valence-corrected chi connectivity index (χ0v) is 12.6. The summed E-state index contributed by atoms with van der Waals surface area (Å²) in [7, 11) is 0. The zero-order valence-electron chi connectivity index (χ0n) is 10.2. The average Bonchev–Trinajstić information content (AvgIpc) is 3.10. The highest BCUT2D eigenvalue weighted by molar-refractivity contribution is 9.10. The third kappa shape index (κ3) is 2.25. The summed E-state index contributed by atoms with van der Waals surface area (Å²) in [5.41, 5.74) is 9.56. The molecule has 1 saturated carbocycles. The van der Waals surface area contributed by atoms with Crippen molar-refractivity contribution in [3.8, 4) is 10.6 Å². The standard InChI is InChI=1S/C14H15BrN2S/c1-8-6-10(15)4-5-11(8)14-17-13(9-2-3-9)12(7-16)18-14/h4-6,9H,2-3,7,16H2,1H3. The van der Waals surface area contributed by atoms with Gasteiger partial charge in [0.15, 0.2) is 0 Å². The van der Waals surface area contributed by atoms with Crippen LogP contribution in [0.4, 0.5) is 0 Å². The Bertz CT molecular complexity index is 587. The number of hydrogen-bond acceptors (Lipinski definition) is 3. The lowest BCUT2D eigenvalue weighted by Crippen LogP contribution is -1.96. The lowest BCUT2D eigenvalue weighted by molar-refractivity contribution is 0.979. The number of rotatable bonds is 3. The number of aryl methyl sites for hydroxylation is 1. The van der Waals surface area contributed by atoms with E-state index >= 15 is 0 Å². The topological polar surface area (TPSA) is 38.9 Å². The van der Waals surface area contributed by atoms with Gasteiger partial charge in [-0.2, -0.15) is 0 Å². The second-order valence-corrected chi connectivity index (χ2v) is 6.76. The van der Waals surface area contributed by atoms with Crippen molar-refractivity contribution < 1.29 is 0 Å². The Balaban J connectivity index is 2.05. The van der Waals surface area contributed by atoms with Crippen LogP contribution in [0, 0.1) is 6.92 Å². The Morgan fingerprint density at radius 3 is 2.83 bits per heavy atom. The van der Waals surface area contributed by atoms with E-state index in [-0.39, 0.29) is 0 Å². The van der Waals surface area contributed by atoms with Gasteiger partial charge in [0, 0.05) is 27.4 Å². The molecular formula is C14H15BrN2S. The fraction of sp³-hybridized carbons (Fsp3) is 0.357. The van der Waals surface area contributed by atoms with Gasteiger partial charge in [-0.1, -0.05) is 22.0 Å². The first kappa shape index (κ1) is 12.3. The van der Waals surface area contributed by atoms with Gasteiger partial charge < -0.3 is 5.73 Å². The molecular weight excluding hydrogens is 308 g/mol. The molecule has 0 spiro atoms. The summed E-state index contributed by atoms with van der Waals surface area (Å²) in [6.07, 6.45) is 2.55. The van der Waals surface area contributed by atoms with Gasteiger partial charge in [-0.3, -0.25) is 0 Å². The maximum absolute atomic E-state index is 5.83. The second-order valence-electron chi connectivity index (χ2n) is 4.77. The van der Waals surface area contributed by atoms with Crippen LogP contribution >= 0.6 is 27.3 Å². The van der Waals surface area contributed by atoms with Crippen molar-refractivity contribution in [3.63, 3.8) is 0 Å². The van der Waals surface area contributed by atoms with E-state index in [1.165, 1.54) is 34.5 Å². The molecule has 0 aliphatic heterocycles. The summed E-state index contributed by atoms with van der Waals surface area (Å²) >= 11 is 5.25. The highest BCUT2D eigenvalue weighted by Crippen LogP contribution is 2.44. The van der Waals surface area contributed by atoms with Crippen LogP contribution in [0.2, 0.25) is 0 Å². The van der Waals surface area contributed by atoms with Crippen molar-refractivity contribution in [2.24, 2.45) is 5.73 Å². The molecule has 2 N–H and O–H groups in total. The molecule has 1 aliphatic rings. The van der Waals surface area contributed by atoms with Crippen LogP contribution in [0.3, 0.4) is 0 Å². The van der Waals surface area contributed by atoms with Crippen LogP contribution in [0.25, 0.3) is 10.6 Å². The number of nitrogens with zero attached hydrogens (tertiary/aromatic N) is 1. The van der Waals surface area contributed by atoms with E-state index in [2.05, 4.69) is 41.1 Å². The van der Waals surface area contributed by atoms with Crippen molar-refractivity contribution in [1.82, 2.24) is 4.98 Å². The van der Waals surface area contributed by atoms with Crippen LogP contribution in [0.1, 0.15) is 34.9 Å². The van der Waals surface area contributed by atoms with Crippen molar-refractivity contribution in [2.75, 3.05) is 0 Å². The molecule has 2 nitrogen and oxygen atoms in total. The van der Waals surface area contributed by atoms with E-state index in [0.29, 0.717) is 12.5 Å². The van der Waals surface area contributed by atoms with Gasteiger partial charge >= 0.3 is 0 Å². The van der Waals surface area contributed by atoms with Gasteiger partial charge in [-0.05, 0) is 37.5 Å². The minimum Gasteiger partial charge on any atom is -0.326 e. The molecule has 0 amide bonds. The molecule has 3 rings (SSSR count). The van der Waals surface area contributed by atoms with Crippen LogP contribution in [0.5, 0.6) is 0 Å². The van der Waals surface area contributed by atoms with Crippen molar-refractivity contribution in [2.45, 2.75) is 32.2 Å². The predicted octanol–water partition coefficient (Wildman–Crippen LogP) is 4.22. The van der Waals surface area contributed by atoms with E-state index in [9.17, 15) is 0 Å². The summed E-state index contributed by atoms with van der Waals surface area (Å²) in [6, 6.07) is 6.34. The molecule has 0 saturated heterocycles. The molecule has 18 heavy (non-hydrogen) atoms. The first-order valence-corrected chi connectivity index (χ1v) is 7.76. The Hall–Kier alpha value is -0.710. The summed E-state index contributed by atoms with van der Waals surface area (Å²) < 4.78 is 1.11. The molecule has 2 aromatic rings. The molecule has 1 aromatic heterocycles. The maximum Gasteiger partial charge on any atom is 0.124 e. The smallest absolute Gasteiger partial charge is 0.124 e. The van der Waals surface area contributed by atoms with Crippen LogP contribution in [-0.4, -0.2) is 4.98 Å². The number of aromatic nitrogens is 1. The van der Waals surface area contributed by atoms with E-state index in [1.807, 2.05) is 0 Å². The van der Waals surface area contributed by atoms with E-state index in [1.54, 1.807) is 11.3 Å². The lowest BCUT2D eigenvalue weighted by Gasteiger charge is -2.02. The van der Waals surface area contributed by atoms with E-state index in [0.717, 1.165) is 9.48 Å². The minimum atomic E-state index is 0.610. The average molecular weight is 323 g/mol. The van der Waals surface area contributed by atoms with Crippen LogP contribution in [-0.2, 0) is 6.54 Å². The molecule has 0 bridgehead atoms. The predicted molar refractivity (Wildman–Crippen MR) is 79.9 cm³/mol. The van der Waals surface area contributed by atoms with Gasteiger partial charge in [0.2, 0.25) is 0 Å². The highest BCUT2D eigenvalue weighted by atomic mass is 79.9. The minimum absolute atomic E-state index is 0.610. The highest BCUT2D eigenvalue weighted by Gasteiger charge is 2.29. The fourth-order valence-electron chi connectivity index (χ4n) is 2.17. The van der Waals surface area contributed by atoms with Crippen LogP contribution in [0.15, 0.2) is 22.7 Å². The largest absolute Gasteiger partial charge is 0.326 e. The Morgan fingerprint density at radius 1 is 1.44 bits per heavy atom. The monoisotopic (exact) mass is 322 g/mol. The number of benzene rings is 1. The second kappa shape index (κ2) is 4.76. The van der Waals surface area contributed by atoms with Gasteiger partial charge in [-0.15, -0.1) is 11.3 Å². The Kier molecular flexibility index (Phi) is 3.26. The fourth-order valence-corrected chi connectivity index (χ4v) is 3.76. The number of hydrogen-bond donors (Lipinski definition) is 1. The zero-order chi connectivity index (χ0) is 12.7. The van der Waals surface area contributed by atoms with Gasteiger partial charge in [0.25, 0.3) is 0 Å². The molecule has 0 radical (unpaired) electrons. The molecule has 1 aromatic carbocycles. The van der Waals surface area contributed by atoms with Gasteiger partial charge in [0.05, 0.1) is 5.69 Å². The first-order chi connectivity index (χ1) is 8.69. The molecule has 94 valence electrons. The summed E-state index contributed by atoms with van der Waals surface area (Å²) in [4.78, 5) is 6.09. The Labute approximate surface area is 119 Å². The molecule has 0 atom stereocenters. The molecule has 1 heterocycles. The lowest BCUT2D eigenvalue weighted by atomic mass is 10.1. The third-order valence-corrected chi connectivity index (χ3v) is 4.92. The normalized spacial score (nSPS) is 15.1. The maximum atomic E-state index is 5.83. The third-order valence-electron chi connectivity index (χ3n) is 3.30. The molecule has 0 unspecified atom stereocenters. The number of thiazole rings is 1. The Morgan fingerprint density at radius 2 is 2.22 bits per heavy atom. The van der Waals surface area contributed by atoms with Gasteiger partial charge in [0.1, 0.15) is 5.01 Å². The molecule has 1 aliphatic carbocycles. The molecule has 1 fully saturated rings. The van der Waals surface area contributed by atoms with Crippen molar-refractivity contribution >= 4 is 27.3 Å². The number of halogens is 1. The van der Waals surface area contributed by atoms with Gasteiger partial charge in [-0.25, -0.2) is 4.98 Å². The first-order valence-electron chi connectivity index (χ1n) is 6.15. The summed E-state index contributed by atoms with van der Waals surface area (Å²) in [5, 5.41) is 1.11. The summed E-state index contributed by atoms with van der Waals surface area (Å²) in [5.74, 6) is 0.671. The SMILES string of the molecule is Cc1cc(Br)ccc1-c1nc(C2CC2)c(CN)s1. The van der Waals surface area contributed by atoms with Crippen molar-refractivity contribution in [1.29, 1.82) is 0 Å². The molecule has 4 heteroatoms. The van der Waals surface area contributed by atoms with E-state index < -0.39 is 0 Å². The van der Waals surface area contributed by atoms with Crippen molar-refractivity contribution in [3.05, 3.63) is 38.8 Å². The van der Waals surface area contributed by atoms with Crippen LogP contribution < -0.4 is 5.73 Å². The number of nitrogens with two attached hydrogens (primary N) is 1.